The Morgan fingerprint density at radius 3 is 2.56 bits per heavy atom. The minimum atomic E-state index is -4.73. The summed E-state index contributed by atoms with van der Waals surface area (Å²) in [6.45, 7) is 1.80. The number of rotatable bonds is 7. The summed E-state index contributed by atoms with van der Waals surface area (Å²) in [7, 11) is -4.29. The molecule has 4 aromatic rings. The van der Waals surface area contributed by atoms with Crippen molar-refractivity contribution in [2.24, 2.45) is 0 Å². The molecular formula is C23H18ClF4N7O3S. The second kappa shape index (κ2) is 10.9. The van der Waals surface area contributed by atoms with Crippen LogP contribution in [0.5, 0.6) is 0 Å². The molecule has 204 valence electrons. The Morgan fingerprint density at radius 1 is 1.13 bits per heavy atom. The average Bonchev–Trinajstić information content (AvgIpc) is 3.37. The van der Waals surface area contributed by atoms with Crippen LogP contribution >= 0.6 is 11.6 Å². The van der Waals surface area contributed by atoms with Crippen LogP contribution in [-0.4, -0.2) is 40.7 Å². The fraction of sp³-hybridized carbons (Fsp3) is 0.130. The van der Waals surface area contributed by atoms with Gasteiger partial charge < -0.3 is 10.6 Å². The van der Waals surface area contributed by atoms with Crippen LogP contribution in [-0.2, 0) is 16.2 Å². The van der Waals surface area contributed by atoms with Crippen LogP contribution in [0.4, 0.5) is 34.0 Å². The van der Waals surface area contributed by atoms with E-state index >= 15 is 0 Å². The van der Waals surface area contributed by atoms with Crippen molar-refractivity contribution in [3.8, 4) is 16.9 Å². The molecule has 2 aromatic carbocycles. The highest BCUT2D eigenvalue weighted by Gasteiger charge is 2.34. The number of nitrogens with zero attached hydrogens (tertiary/aromatic N) is 4. The van der Waals surface area contributed by atoms with Gasteiger partial charge in [-0.2, -0.15) is 23.3 Å². The van der Waals surface area contributed by atoms with E-state index in [1.165, 1.54) is 42.6 Å². The lowest BCUT2D eigenvalue weighted by Crippen LogP contribution is -2.39. The van der Waals surface area contributed by atoms with Crippen molar-refractivity contribution < 1.29 is 30.8 Å². The Hall–Kier alpha value is -4.24. The molecule has 0 bridgehead atoms. The predicted octanol–water partition coefficient (Wildman–Crippen LogP) is 4.89. The summed E-state index contributed by atoms with van der Waals surface area (Å²) in [4.78, 5) is 19.9. The Morgan fingerprint density at radius 2 is 1.90 bits per heavy atom. The summed E-state index contributed by atoms with van der Waals surface area (Å²) in [6, 6.07) is 8.82. The molecule has 0 aliphatic heterocycles. The maximum atomic E-state index is 13.5. The van der Waals surface area contributed by atoms with Crippen molar-refractivity contribution in [2.75, 3.05) is 11.9 Å². The normalized spacial score (nSPS) is 11.7. The minimum Gasteiger partial charge on any atom is -0.338 e. The molecule has 0 spiro atoms. The first-order valence-electron chi connectivity index (χ1n) is 11.0. The first kappa shape index (κ1) is 27.8. The molecule has 2 amide bonds. The summed E-state index contributed by atoms with van der Waals surface area (Å²) in [5.74, 6) is -0.892. The van der Waals surface area contributed by atoms with Gasteiger partial charge in [-0.05, 0) is 48.9 Å². The number of aromatic nitrogens is 4. The number of alkyl halides is 3. The van der Waals surface area contributed by atoms with E-state index in [0.717, 1.165) is 23.0 Å². The fourth-order valence-corrected chi connectivity index (χ4v) is 4.47. The number of benzene rings is 2. The minimum absolute atomic E-state index is 0.0952. The number of amides is 2. The van der Waals surface area contributed by atoms with Crippen LogP contribution < -0.4 is 15.4 Å². The van der Waals surface area contributed by atoms with E-state index in [2.05, 4.69) is 25.7 Å². The molecule has 2 heterocycles. The largest absolute Gasteiger partial charge is 0.435 e. The average molecular weight is 584 g/mol. The zero-order valence-electron chi connectivity index (χ0n) is 19.8. The molecule has 2 aromatic heterocycles. The molecule has 0 aliphatic carbocycles. The van der Waals surface area contributed by atoms with Crippen LogP contribution in [0.15, 0.2) is 65.8 Å². The molecule has 3 N–H and O–H groups in total. The van der Waals surface area contributed by atoms with Crippen LogP contribution in [0.25, 0.3) is 16.9 Å². The SMILES string of the molecule is CCNC(=O)NS(=O)(=O)c1cccc(-c2cnc(Nc3ccc(F)c(Cl)c3)nc2-n2ccc(C(F)(F)F)n2)c1. The van der Waals surface area contributed by atoms with E-state index in [1.807, 2.05) is 4.72 Å². The number of hydrogen-bond acceptors (Lipinski definition) is 7. The van der Waals surface area contributed by atoms with E-state index in [9.17, 15) is 30.8 Å². The number of carbonyl (C=O) groups is 1. The summed E-state index contributed by atoms with van der Waals surface area (Å²) in [6.07, 6.45) is -2.46. The van der Waals surface area contributed by atoms with Gasteiger partial charge in [0.15, 0.2) is 11.5 Å². The van der Waals surface area contributed by atoms with Gasteiger partial charge in [0.05, 0.1) is 9.92 Å². The quantitative estimate of drug-likeness (QED) is 0.264. The van der Waals surface area contributed by atoms with Crippen molar-refractivity contribution in [3.05, 3.63) is 77.5 Å². The summed E-state index contributed by atoms with van der Waals surface area (Å²) < 4.78 is 81.4. The van der Waals surface area contributed by atoms with Gasteiger partial charge in [0.25, 0.3) is 10.0 Å². The topological polar surface area (TPSA) is 131 Å². The summed E-state index contributed by atoms with van der Waals surface area (Å²) >= 11 is 5.80. The molecule has 0 saturated heterocycles. The molecule has 0 fully saturated rings. The van der Waals surface area contributed by atoms with E-state index in [4.69, 9.17) is 11.6 Å². The third-order valence-electron chi connectivity index (χ3n) is 5.06. The molecule has 4 rings (SSSR count). The number of nitrogens with one attached hydrogen (secondary N) is 3. The van der Waals surface area contributed by atoms with Crippen molar-refractivity contribution in [2.45, 2.75) is 18.0 Å². The van der Waals surface area contributed by atoms with Gasteiger partial charge in [-0.25, -0.2) is 32.0 Å². The number of sulfonamides is 1. The number of anilines is 2. The van der Waals surface area contributed by atoms with E-state index in [1.54, 1.807) is 6.92 Å². The number of carbonyl (C=O) groups excluding carboxylic acids is 1. The first-order valence-corrected chi connectivity index (χ1v) is 12.9. The number of hydrogen-bond donors (Lipinski definition) is 3. The molecule has 0 atom stereocenters. The first-order chi connectivity index (χ1) is 18.4. The zero-order chi connectivity index (χ0) is 28.4. The molecule has 0 saturated carbocycles. The Kier molecular flexibility index (Phi) is 7.74. The Labute approximate surface area is 224 Å². The van der Waals surface area contributed by atoms with Gasteiger partial charge in [0.2, 0.25) is 5.95 Å². The Bertz CT molecular complexity index is 1640. The van der Waals surface area contributed by atoms with Crippen molar-refractivity contribution in [3.63, 3.8) is 0 Å². The number of urea groups is 1. The maximum Gasteiger partial charge on any atom is 0.435 e. The highest BCUT2D eigenvalue weighted by atomic mass is 35.5. The molecule has 0 radical (unpaired) electrons. The lowest BCUT2D eigenvalue weighted by Gasteiger charge is -2.13. The second-order valence-corrected chi connectivity index (χ2v) is 9.91. The van der Waals surface area contributed by atoms with Crippen molar-refractivity contribution in [1.82, 2.24) is 29.8 Å². The fourth-order valence-electron chi connectivity index (χ4n) is 3.32. The molecule has 10 nitrogen and oxygen atoms in total. The van der Waals surface area contributed by atoms with Crippen LogP contribution in [0.3, 0.4) is 0 Å². The predicted molar refractivity (Wildman–Crippen MR) is 134 cm³/mol. The standard InChI is InChI=1S/C23H18ClF4N7O3S/c1-2-29-22(36)34-39(37,38)15-5-3-4-13(10-15)16-12-30-21(31-14-6-7-18(25)17(24)11-14)32-20(16)35-9-8-19(33-35)23(26,27)28/h3-12H,2H2,1H3,(H2,29,34,36)(H,30,31,32). The van der Waals surface area contributed by atoms with Crippen LogP contribution in [0.2, 0.25) is 5.02 Å². The van der Waals surface area contributed by atoms with Gasteiger partial charge in [-0.1, -0.05) is 23.7 Å². The third-order valence-corrected chi connectivity index (χ3v) is 6.68. The van der Waals surface area contributed by atoms with Gasteiger partial charge in [0, 0.05) is 30.2 Å². The van der Waals surface area contributed by atoms with E-state index in [0.29, 0.717) is 5.69 Å². The third kappa shape index (κ3) is 6.43. The summed E-state index contributed by atoms with van der Waals surface area (Å²) in [5.41, 5.74) is -0.579. The lowest BCUT2D eigenvalue weighted by molar-refractivity contribution is -0.141. The molecule has 0 aliphatic rings. The summed E-state index contributed by atoms with van der Waals surface area (Å²) in [5, 5.41) is 8.47. The van der Waals surface area contributed by atoms with Gasteiger partial charge in [0.1, 0.15) is 5.82 Å². The molecule has 16 heteroatoms. The van der Waals surface area contributed by atoms with Crippen LogP contribution in [0.1, 0.15) is 12.6 Å². The monoisotopic (exact) mass is 583 g/mol. The van der Waals surface area contributed by atoms with Crippen LogP contribution in [0, 0.1) is 5.82 Å². The smallest absolute Gasteiger partial charge is 0.338 e. The molecule has 0 unspecified atom stereocenters. The molecule has 39 heavy (non-hydrogen) atoms. The highest BCUT2D eigenvalue weighted by molar-refractivity contribution is 7.90. The second-order valence-electron chi connectivity index (χ2n) is 7.82. The van der Waals surface area contributed by atoms with Gasteiger partial charge in [-0.3, -0.25) is 0 Å². The number of halogens is 5. The van der Waals surface area contributed by atoms with Gasteiger partial charge in [-0.15, -0.1) is 0 Å². The zero-order valence-corrected chi connectivity index (χ0v) is 21.4. The van der Waals surface area contributed by atoms with Crippen molar-refractivity contribution >= 4 is 39.3 Å². The Balaban J connectivity index is 1.79. The lowest BCUT2D eigenvalue weighted by atomic mass is 10.1. The maximum absolute atomic E-state index is 13.5. The highest BCUT2D eigenvalue weighted by Crippen LogP contribution is 2.31. The molecular weight excluding hydrogens is 566 g/mol. The van der Waals surface area contributed by atoms with Gasteiger partial charge >= 0.3 is 12.2 Å². The van der Waals surface area contributed by atoms with E-state index in [-0.39, 0.29) is 39.4 Å². The van der Waals surface area contributed by atoms with E-state index < -0.39 is 33.7 Å². The van der Waals surface area contributed by atoms with Crippen molar-refractivity contribution in [1.29, 1.82) is 0 Å².